The van der Waals surface area contributed by atoms with Crippen molar-refractivity contribution in [1.82, 2.24) is 5.43 Å². The van der Waals surface area contributed by atoms with Crippen molar-refractivity contribution >= 4 is 28.6 Å². The van der Waals surface area contributed by atoms with Gasteiger partial charge >= 0.3 is 5.69 Å². The summed E-state index contributed by atoms with van der Waals surface area (Å²) in [6.45, 7) is 0. The van der Waals surface area contributed by atoms with Crippen LogP contribution in [0.4, 0.5) is 5.69 Å². The van der Waals surface area contributed by atoms with E-state index in [4.69, 9.17) is 4.74 Å². The van der Waals surface area contributed by atoms with Crippen LogP contribution in [0.1, 0.15) is 15.9 Å². The van der Waals surface area contributed by atoms with Crippen molar-refractivity contribution in [2.45, 2.75) is 0 Å². The molecule has 3 aromatic carbocycles. The number of para-hydroxylation sites is 1. The summed E-state index contributed by atoms with van der Waals surface area (Å²) in [5, 5.41) is 26.3. The van der Waals surface area contributed by atoms with Gasteiger partial charge in [0, 0.05) is 11.6 Å². The predicted molar refractivity (Wildman–Crippen MR) is 100 cm³/mol. The quantitative estimate of drug-likeness (QED) is 0.409. The van der Waals surface area contributed by atoms with Gasteiger partial charge in [-0.25, -0.2) is 5.43 Å². The van der Waals surface area contributed by atoms with Crippen LogP contribution in [0.15, 0.2) is 59.7 Å². The number of amides is 1. The number of nitrogens with zero attached hydrogens (tertiary/aromatic N) is 2. The smallest absolute Gasteiger partial charge is 0.311 e. The number of benzene rings is 3. The first-order valence-electron chi connectivity index (χ1n) is 7.88. The second-order valence-corrected chi connectivity index (χ2v) is 5.57. The number of hydrogen-bond donors (Lipinski definition) is 2. The molecular formula is C19H15N3O5. The highest BCUT2D eigenvalue weighted by atomic mass is 16.6. The molecular weight excluding hydrogens is 350 g/mol. The molecule has 0 atom stereocenters. The molecule has 136 valence electrons. The summed E-state index contributed by atoms with van der Waals surface area (Å²) in [6.07, 6.45) is 1.13. The third-order valence-corrected chi connectivity index (χ3v) is 3.92. The first-order chi connectivity index (χ1) is 13.0. The predicted octanol–water partition coefficient (Wildman–Crippen LogP) is 3.23. The van der Waals surface area contributed by atoms with Crippen LogP contribution in [0.3, 0.4) is 0 Å². The number of fused-ring (bicyclic) bond motifs is 1. The topological polar surface area (TPSA) is 114 Å². The summed E-state index contributed by atoms with van der Waals surface area (Å²) < 4.78 is 5.27. The van der Waals surface area contributed by atoms with Crippen molar-refractivity contribution in [3.8, 4) is 11.5 Å². The molecule has 0 unspecified atom stereocenters. The normalized spacial score (nSPS) is 10.9. The van der Waals surface area contributed by atoms with Crippen molar-refractivity contribution in [3.05, 3.63) is 75.8 Å². The Kier molecular flexibility index (Phi) is 4.98. The second kappa shape index (κ2) is 7.52. The SMILES string of the molecule is COc1cc2ccccc2cc1C(=O)N/N=C/c1cccc([N+](=O)[O-])c1O. The van der Waals surface area contributed by atoms with Gasteiger partial charge in [0.1, 0.15) is 5.75 Å². The maximum atomic E-state index is 12.4. The third-order valence-electron chi connectivity index (χ3n) is 3.92. The fourth-order valence-corrected chi connectivity index (χ4v) is 2.59. The van der Waals surface area contributed by atoms with Crippen LogP contribution >= 0.6 is 0 Å². The molecule has 0 heterocycles. The van der Waals surface area contributed by atoms with E-state index in [-0.39, 0.29) is 11.1 Å². The number of ether oxygens (including phenoxy) is 1. The number of carbonyl (C=O) groups is 1. The Morgan fingerprint density at radius 3 is 2.56 bits per heavy atom. The number of phenolic OH excluding ortho intramolecular Hbond substituents is 1. The molecule has 3 rings (SSSR count). The molecule has 0 spiro atoms. The number of nitro benzene ring substituents is 1. The van der Waals surface area contributed by atoms with Gasteiger partial charge in [-0.3, -0.25) is 14.9 Å². The standard InChI is InChI=1S/C19H15N3O5/c1-27-17-10-13-6-3-2-5-12(13)9-15(17)19(24)21-20-11-14-7-4-8-16(18(14)23)22(25)26/h2-11,23H,1H3,(H,21,24)/b20-11+. The van der Waals surface area contributed by atoms with Gasteiger partial charge in [0.2, 0.25) is 5.75 Å². The van der Waals surface area contributed by atoms with Crippen LogP contribution in [-0.4, -0.2) is 29.3 Å². The number of nitrogens with one attached hydrogen (secondary N) is 1. The Labute approximate surface area is 153 Å². The number of hydrogen-bond acceptors (Lipinski definition) is 6. The second-order valence-electron chi connectivity index (χ2n) is 5.57. The summed E-state index contributed by atoms with van der Waals surface area (Å²) in [6, 6.07) is 15.0. The first-order valence-corrected chi connectivity index (χ1v) is 7.88. The van der Waals surface area contributed by atoms with E-state index >= 15 is 0 Å². The Hall–Kier alpha value is -3.94. The van der Waals surface area contributed by atoms with Gasteiger partial charge in [-0.15, -0.1) is 0 Å². The zero-order valence-corrected chi connectivity index (χ0v) is 14.2. The number of hydrazone groups is 1. The van der Waals surface area contributed by atoms with Gasteiger partial charge in [0.05, 0.1) is 23.8 Å². The molecule has 8 heteroatoms. The number of methoxy groups -OCH3 is 1. The summed E-state index contributed by atoms with van der Waals surface area (Å²) in [4.78, 5) is 22.6. The van der Waals surface area contributed by atoms with E-state index < -0.39 is 22.3 Å². The number of nitro groups is 1. The van der Waals surface area contributed by atoms with Crippen molar-refractivity contribution in [3.63, 3.8) is 0 Å². The minimum absolute atomic E-state index is 0.106. The van der Waals surface area contributed by atoms with Crippen molar-refractivity contribution in [2.24, 2.45) is 5.10 Å². The van der Waals surface area contributed by atoms with Gasteiger partial charge in [0.15, 0.2) is 0 Å². The number of carbonyl (C=O) groups excluding carboxylic acids is 1. The van der Waals surface area contributed by atoms with E-state index in [1.807, 2.05) is 24.3 Å². The minimum atomic E-state index is -0.703. The van der Waals surface area contributed by atoms with Crippen LogP contribution in [0.25, 0.3) is 10.8 Å². The molecule has 0 aliphatic carbocycles. The maximum Gasteiger partial charge on any atom is 0.311 e. The Morgan fingerprint density at radius 2 is 1.89 bits per heavy atom. The van der Waals surface area contributed by atoms with Gasteiger partial charge in [0.25, 0.3) is 5.91 Å². The van der Waals surface area contributed by atoms with Crippen molar-refractivity contribution in [1.29, 1.82) is 0 Å². The van der Waals surface area contributed by atoms with Gasteiger partial charge in [-0.05, 0) is 29.0 Å². The third kappa shape index (κ3) is 3.69. The number of rotatable bonds is 5. The molecule has 2 N–H and O–H groups in total. The van der Waals surface area contributed by atoms with Crippen LogP contribution in [0.2, 0.25) is 0 Å². The zero-order chi connectivity index (χ0) is 19.4. The molecule has 8 nitrogen and oxygen atoms in total. The lowest BCUT2D eigenvalue weighted by molar-refractivity contribution is -0.385. The van der Waals surface area contributed by atoms with E-state index in [2.05, 4.69) is 10.5 Å². The molecule has 0 aromatic heterocycles. The summed E-state index contributed by atoms with van der Waals surface area (Å²) in [7, 11) is 1.46. The molecule has 1 amide bonds. The largest absolute Gasteiger partial charge is 0.502 e. The van der Waals surface area contributed by atoms with E-state index in [0.29, 0.717) is 5.75 Å². The lowest BCUT2D eigenvalue weighted by atomic mass is 10.1. The van der Waals surface area contributed by atoms with E-state index in [9.17, 15) is 20.0 Å². The molecule has 0 aliphatic heterocycles. The highest BCUT2D eigenvalue weighted by molar-refractivity contribution is 6.02. The average molecular weight is 365 g/mol. The van der Waals surface area contributed by atoms with Crippen LogP contribution < -0.4 is 10.2 Å². The monoisotopic (exact) mass is 365 g/mol. The fourth-order valence-electron chi connectivity index (χ4n) is 2.59. The summed E-state index contributed by atoms with van der Waals surface area (Å²) >= 11 is 0. The van der Waals surface area contributed by atoms with Gasteiger partial charge in [-0.1, -0.05) is 30.3 Å². The Balaban J connectivity index is 1.84. The lowest BCUT2D eigenvalue weighted by Gasteiger charge is -2.09. The van der Waals surface area contributed by atoms with Crippen LogP contribution in [0.5, 0.6) is 11.5 Å². The molecule has 0 aliphatic rings. The van der Waals surface area contributed by atoms with Crippen molar-refractivity contribution < 1.29 is 19.6 Å². The number of aromatic hydroxyl groups is 1. The van der Waals surface area contributed by atoms with E-state index in [0.717, 1.165) is 17.0 Å². The molecule has 0 saturated heterocycles. The van der Waals surface area contributed by atoms with Crippen LogP contribution in [0, 0.1) is 10.1 Å². The maximum absolute atomic E-state index is 12.4. The van der Waals surface area contributed by atoms with E-state index in [1.54, 1.807) is 12.1 Å². The molecule has 3 aromatic rings. The molecule has 0 saturated carbocycles. The van der Waals surface area contributed by atoms with Gasteiger partial charge in [-0.2, -0.15) is 5.10 Å². The first kappa shape index (κ1) is 17.9. The van der Waals surface area contributed by atoms with Crippen molar-refractivity contribution in [2.75, 3.05) is 7.11 Å². The summed E-state index contributed by atoms with van der Waals surface area (Å²) in [5.41, 5.74) is 2.28. The zero-order valence-electron chi connectivity index (χ0n) is 14.2. The molecule has 0 radical (unpaired) electrons. The summed E-state index contributed by atoms with van der Waals surface area (Å²) in [5.74, 6) is -0.651. The highest BCUT2D eigenvalue weighted by Crippen LogP contribution is 2.28. The molecule has 0 bridgehead atoms. The molecule has 0 fully saturated rings. The van der Waals surface area contributed by atoms with E-state index in [1.165, 1.54) is 25.3 Å². The average Bonchev–Trinajstić information content (AvgIpc) is 2.67. The fraction of sp³-hybridized carbons (Fsp3) is 0.0526. The highest BCUT2D eigenvalue weighted by Gasteiger charge is 2.16. The van der Waals surface area contributed by atoms with Gasteiger partial charge < -0.3 is 9.84 Å². The number of phenols is 1. The molecule has 27 heavy (non-hydrogen) atoms. The Morgan fingerprint density at radius 1 is 1.19 bits per heavy atom. The minimum Gasteiger partial charge on any atom is -0.502 e. The Bertz CT molecular complexity index is 1060. The lowest BCUT2D eigenvalue weighted by Crippen LogP contribution is -2.18. The van der Waals surface area contributed by atoms with Crippen LogP contribution in [-0.2, 0) is 0 Å².